The largest absolute Gasteiger partial charge is 0.452 e. The van der Waals surface area contributed by atoms with Gasteiger partial charge in [0.1, 0.15) is 0 Å². The van der Waals surface area contributed by atoms with E-state index in [1.165, 1.54) is 0 Å². The van der Waals surface area contributed by atoms with Crippen LogP contribution in [-0.2, 0) is 6.18 Å². The summed E-state index contributed by atoms with van der Waals surface area (Å²) < 4.78 is 40.3. The maximum absolute atomic E-state index is 12.3. The molecule has 8 heteroatoms. The summed E-state index contributed by atoms with van der Waals surface area (Å²) in [4.78, 5) is 5.22. The van der Waals surface area contributed by atoms with Crippen LogP contribution in [0.2, 0.25) is 0 Å². The van der Waals surface area contributed by atoms with Crippen molar-refractivity contribution in [3.63, 3.8) is 0 Å². The molecule has 0 amide bonds. The van der Waals surface area contributed by atoms with E-state index in [0.717, 1.165) is 18.0 Å². The minimum atomic E-state index is -4.49. The highest BCUT2D eigenvalue weighted by molar-refractivity contribution is 7.09. The summed E-state index contributed by atoms with van der Waals surface area (Å²) in [6.45, 7) is 2.83. The Morgan fingerprint density at radius 1 is 1.53 bits per heavy atom. The van der Waals surface area contributed by atoms with Gasteiger partial charge in [-0.2, -0.15) is 22.5 Å². The van der Waals surface area contributed by atoms with E-state index in [1.807, 2.05) is 0 Å². The molecule has 0 bridgehead atoms. The van der Waals surface area contributed by atoms with Gasteiger partial charge in [0, 0.05) is 30.5 Å². The molecule has 0 spiro atoms. The van der Waals surface area contributed by atoms with E-state index in [4.69, 9.17) is 0 Å². The van der Waals surface area contributed by atoms with Gasteiger partial charge in [0.2, 0.25) is 11.0 Å². The first-order chi connectivity index (χ1) is 7.88. The van der Waals surface area contributed by atoms with Gasteiger partial charge in [-0.05, 0) is 13.3 Å². The Labute approximate surface area is 100 Å². The van der Waals surface area contributed by atoms with Crippen LogP contribution in [0, 0.1) is 5.92 Å². The lowest BCUT2D eigenvalue weighted by molar-refractivity contribution is -0.144. The third-order valence-corrected chi connectivity index (χ3v) is 3.62. The summed E-state index contributed by atoms with van der Waals surface area (Å²) in [6, 6.07) is 0. The van der Waals surface area contributed by atoms with Crippen LogP contribution in [0.1, 0.15) is 19.2 Å². The van der Waals surface area contributed by atoms with Gasteiger partial charge in [0.15, 0.2) is 0 Å². The molecule has 2 atom stereocenters. The second kappa shape index (κ2) is 4.41. The highest BCUT2D eigenvalue weighted by atomic mass is 32.1. The molecule has 0 aromatic carbocycles. The number of aromatic nitrogens is 2. The molecule has 2 rings (SSSR count). The first kappa shape index (κ1) is 12.6. The summed E-state index contributed by atoms with van der Waals surface area (Å²) in [5.41, 5.74) is 0. The molecule has 1 aliphatic heterocycles. The van der Waals surface area contributed by atoms with Gasteiger partial charge in [0.05, 0.1) is 6.10 Å². The number of rotatable bonds is 2. The summed E-state index contributed by atoms with van der Waals surface area (Å²) in [7, 11) is 0. The predicted molar refractivity (Wildman–Crippen MR) is 56.9 cm³/mol. The number of hydrogen-bond acceptors (Lipinski definition) is 5. The Hall–Kier alpha value is -0.890. The fourth-order valence-electron chi connectivity index (χ4n) is 1.81. The van der Waals surface area contributed by atoms with E-state index >= 15 is 0 Å². The van der Waals surface area contributed by atoms with Crippen LogP contribution in [0.4, 0.5) is 18.3 Å². The van der Waals surface area contributed by atoms with Crippen molar-refractivity contribution in [3.8, 4) is 0 Å². The number of anilines is 1. The second-order valence-electron chi connectivity index (χ2n) is 4.13. The zero-order valence-corrected chi connectivity index (χ0v) is 9.92. The molecule has 96 valence electrons. The second-order valence-corrected chi connectivity index (χ2v) is 4.86. The van der Waals surface area contributed by atoms with Crippen LogP contribution in [0.5, 0.6) is 0 Å². The van der Waals surface area contributed by atoms with E-state index in [-0.39, 0.29) is 11.0 Å². The van der Waals surface area contributed by atoms with Crippen LogP contribution in [0.15, 0.2) is 0 Å². The van der Waals surface area contributed by atoms with E-state index < -0.39 is 18.1 Å². The summed E-state index contributed by atoms with van der Waals surface area (Å²) in [6.07, 6.45) is -4.17. The van der Waals surface area contributed by atoms with Gasteiger partial charge >= 0.3 is 6.18 Å². The van der Waals surface area contributed by atoms with E-state index in [1.54, 1.807) is 11.8 Å². The lowest BCUT2D eigenvalue weighted by Crippen LogP contribution is -2.23. The number of aliphatic hydroxyl groups excluding tert-OH is 1. The van der Waals surface area contributed by atoms with Crippen molar-refractivity contribution >= 4 is 16.7 Å². The first-order valence-corrected chi connectivity index (χ1v) is 5.99. The normalized spacial score (nSPS) is 23.1. The Morgan fingerprint density at radius 3 is 2.71 bits per heavy atom. The third-order valence-electron chi connectivity index (χ3n) is 2.85. The maximum Gasteiger partial charge on any atom is 0.452 e. The summed E-state index contributed by atoms with van der Waals surface area (Å²) >= 11 is 0.751. The van der Waals surface area contributed by atoms with Crippen molar-refractivity contribution in [1.82, 2.24) is 9.36 Å². The Morgan fingerprint density at radius 2 is 2.24 bits per heavy atom. The minimum absolute atomic E-state index is 0.0910. The Kier molecular flexibility index (Phi) is 3.26. The van der Waals surface area contributed by atoms with Gasteiger partial charge in [-0.3, -0.25) is 0 Å². The monoisotopic (exact) mass is 267 g/mol. The van der Waals surface area contributed by atoms with Gasteiger partial charge < -0.3 is 10.0 Å². The van der Waals surface area contributed by atoms with Crippen molar-refractivity contribution < 1.29 is 18.3 Å². The smallest absolute Gasteiger partial charge is 0.393 e. The van der Waals surface area contributed by atoms with E-state index in [2.05, 4.69) is 9.36 Å². The summed E-state index contributed by atoms with van der Waals surface area (Å²) in [5.74, 6) is -0.994. The minimum Gasteiger partial charge on any atom is -0.393 e. The fourth-order valence-corrected chi connectivity index (χ4v) is 2.53. The van der Waals surface area contributed by atoms with Crippen molar-refractivity contribution in [2.24, 2.45) is 5.92 Å². The highest BCUT2D eigenvalue weighted by Crippen LogP contribution is 2.32. The average molecular weight is 267 g/mol. The van der Waals surface area contributed by atoms with Gasteiger partial charge in [-0.15, -0.1) is 0 Å². The fraction of sp³-hybridized carbons (Fsp3) is 0.778. The number of halogens is 3. The molecule has 1 aromatic rings. The first-order valence-electron chi connectivity index (χ1n) is 5.22. The molecule has 1 aliphatic rings. The Balaban J connectivity index is 2.07. The molecule has 2 unspecified atom stereocenters. The standard InChI is InChI=1S/C9H12F3N3OS/c1-5(16)6-2-3-15(4-6)8-13-7(14-17-8)9(10,11)12/h5-6,16H,2-4H2,1H3. The van der Waals surface area contributed by atoms with Crippen LogP contribution < -0.4 is 4.90 Å². The molecule has 1 fully saturated rings. The van der Waals surface area contributed by atoms with Gasteiger partial charge in [-0.25, -0.2) is 0 Å². The average Bonchev–Trinajstić information content (AvgIpc) is 2.85. The predicted octanol–water partition coefficient (Wildman–Crippen LogP) is 1.76. The number of alkyl halides is 3. The van der Waals surface area contributed by atoms with Gasteiger partial charge in [0.25, 0.3) is 0 Å². The molecular formula is C9H12F3N3OS. The molecule has 4 nitrogen and oxygen atoms in total. The van der Waals surface area contributed by atoms with Gasteiger partial charge in [-0.1, -0.05) is 0 Å². The SMILES string of the molecule is CC(O)C1CCN(c2nc(C(F)(F)F)ns2)C1. The maximum atomic E-state index is 12.3. The van der Waals surface area contributed by atoms with E-state index in [0.29, 0.717) is 13.1 Å². The highest BCUT2D eigenvalue weighted by Gasteiger charge is 2.37. The topological polar surface area (TPSA) is 49.2 Å². The molecule has 0 saturated carbocycles. The molecule has 1 aromatic heterocycles. The molecule has 17 heavy (non-hydrogen) atoms. The molecule has 1 N–H and O–H groups in total. The van der Waals surface area contributed by atoms with Crippen LogP contribution >= 0.6 is 11.5 Å². The molecular weight excluding hydrogens is 255 g/mol. The molecule has 0 aliphatic carbocycles. The molecule has 1 saturated heterocycles. The van der Waals surface area contributed by atoms with Crippen LogP contribution in [-0.4, -0.2) is 33.7 Å². The lowest BCUT2D eigenvalue weighted by Gasteiger charge is -2.15. The van der Waals surface area contributed by atoms with Crippen molar-refractivity contribution in [2.45, 2.75) is 25.6 Å². The number of hydrogen-bond donors (Lipinski definition) is 1. The molecule has 2 heterocycles. The third kappa shape index (κ3) is 2.68. The number of aliphatic hydroxyl groups is 1. The van der Waals surface area contributed by atoms with Crippen LogP contribution in [0.25, 0.3) is 0 Å². The van der Waals surface area contributed by atoms with Crippen molar-refractivity contribution in [3.05, 3.63) is 5.82 Å². The lowest BCUT2D eigenvalue weighted by atomic mass is 10.0. The quantitative estimate of drug-likeness (QED) is 0.887. The summed E-state index contributed by atoms with van der Waals surface area (Å²) in [5, 5.41) is 9.69. The molecule has 0 radical (unpaired) electrons. The van der Waals surface area contributed by atoms with Crippen molar-refractivity contribution in [2.75, 3.05) is 18.0 Å². The zero-order chi connectivity index (χ0) is 12.6. The van der Waals surface area contributed by atoms with Crippen LogP contribution in [0.3, 0.4) is 0 Å². The van der Waals surface area contributed by atoms with E-state index in [9.17, 15) is 18.3 Å². The van der Waals surface area contributed by atoms with Crippen molar-refractivity contribution in [1.29, 1.82) is 0 Å². The Bertz CT molecular complexity index is 393. The number of nitrogens with zero attached hydrogens (tertiary/aromatic N) is 3. The zero-order valence-electron chi connectivity index (χ0n) is 9.11.